The summed E-state index contributed by atoms with van der Waals surface area (Å²) in [6.45, 7) is 5.15. The average Bonchev–Trinajstić information content (AvgIpc) is 3.43. The number of fused-ring (bicyclic) bond motifs is 1. The van der Waals surface area contributed by atoms with Gasteiger partial charge in [0.1, 0.15) is 0 Å². The van der Waals surface area contributed by atoms with Crippen LogP contribution < -0.4 is 4.90 Å². The second-order valence-electron chi connectivity index (χ2n) is 8.27. The number of likely N-dealkylation sites (tertiary alicyclic amines) is 1. The third kappa shape index (κ3) is 3.40. The lowest BCUT2D eigenvalue weighted by Gasteiger charge is -2.27. The van der Waals surface area contributed by atoms with Crippen molar-refractivity contribution < 1.29 is 0 Å². The summed E-state index contributed by atoms with van der Waals surface area (Å²) in [6, 6.07) is 11.3. The van der Waals surface area contributed by atoms with E-state index in [1.807, 2.05) is 0 Å². The van der Waals surface area contributed by atoms with Gasteiger partial charge in [-0.2, -0.15) is 5.10 Å². The normalized spacial score (nSPS) is 22.7. The second-order valence-corrected chi connectivity index (χ2v) is 8.27. The first-order valence-corrected chi connectivity index (χ1v) is 10.5. The van der Waals surface area contributed by atoms with Crippen molar-refractivity contribution in [2.75, 3.05) is 31.6 Å². The first kappa shape index (κ1) is 17.7. The van der Waals surface area contributed by atoms with E-state index in [0.29, 0.717) is 6.04 Å². The minimum absolute atomic E-state index is 0.549. The number of aromatic nitrogens is 2. The lowest BCUT2D eigenvalue weighted by molar-refractivity contribution is 0.285. The van der Waals surface area contributed by atoms with Crippen molar-refractivity contribution >= 4 is 5.82 Å². The van der Waals surface area contributed by atoms with E-state index < -0.39 is 0 Å². The number of rotatable bonds is 5. The Hall–Kier alpha value is -2.37. The summed E-state index contributed by atoms with van der Waals surface area (Å²) in [5, 5.41) is 7.98. The van der Waals surface area contributed by atoms with Crippen molar-refractivity contribution in [3.63, 3.8) is 0 Å². The fraction of sp³-hybridized carbons (Fsp3) is 0.435. The second kappa shape index (κ2) is 7.57. The summed E-state index contributed by atoms with van der Waals surface area (Å²) in [7, 11) is 2.24. The number of H-pyrrole nitrogens is 1. The third-order valence-electron chi connectivity index (χ3n) is 6.35. The third-order valence-corrected chi connectivity index (χ3v) is 6.35. The molecule has 1 fully saturated rings. The zero-order chi connectivity index (χ0) is 18.9. The van der Waals surface area contributed by atoms with Crippen molar-refractivity contribution in [3.8, 4) is 0 Å². The molecule has 4 heterocycles. The largest absolute Gasteiger partial charge is 0.327 e. The molecule has 3 aliphatic heterocycles. The maximum Gasteiger partial charge on any atom is 0.159 e. The number of likely N-dealkylation sites (N-methyl/N-ethyl adjacent to an activating group) is 1. The Kier molecular flexibility index (Phi) is 4.79. The zero-order valence-electron chi connectivity index (χ0n) is 16.6. The molecule has 1 N–H and O–H groups in total. The number of anilines is 1. The molecular weight excluding hydrogens is 346 g/mol. The van der Waals surface area contributed by atoms with Crippen LogP contribution in [0, 0.1) is 0 Å². The molecule has 1 aromatic heterocycles. The molecule has 1 aromatic carbocycles. The topological polar surface area (TPSA) is 38.4 Å². The molecule has 1 atom stereocenters. The molecule has 0 spiro atoms. The highest BCUT2D eigenvalue weighted by Gasteiger charge is 2.29. The number of hydrogen-bond acceptors (Lipinski definition) is 4. The van der Waals surface area contributed by atoms with Crippen LogP contribution in [0.1, 0.15) is 29.7 Å². The first-order valence-electron chi connectivity index (χ1n) is 10.5. The van der Waals surface area contributed by atoms with Crippen LogP contribution in [0.2, 0.25) is 0 Å². The highest BCUT2D eigenvalue weighted by Crippen LogP contribution is 2.32. The molecule has 146 valence electrons. The average molecular weight is 376 g/mol. The molecule has 0 amide bonds. The van der Waals surface area contributed by atoms with E-state index in [9.17, 15) is 0 Å². The van der Waals surface area contributed by atoms with Gasteiger partial charge in [0, 0.05) is 44.0 Å². The Balaban J connectivity index is 1.28. The number of hydrogen-bond donors (Lipinski definition) is 1. The predicted molar refractivity (Wildman–Crippen MR) is 113 cm³/mol. The molecule has 5 nitrogen and oxygen atoms in total. The van der Waals surface area contributed by atoms with Gasteiger partial charge in [-0.15, -0.1) is 0 Å². The van der Waals surface area contributed by atoms with Crippen molar-refractivity contribution in [1.82, 2.24) is 20.0 Å². The molecule has 5 rings (SSSR count). The van der Waals surface area contributed by atoms with Gasteiger partial charge >= 0.3 is 0 Å². The molecule has 0 aliphatic carbocycles. The summed E-state index contributed by atoms with van der Waals surface area (Å²) >= 11 is 0. The molecule has 5 heteroatoms. The van der Waals surface area contributed by atoms with Crippen molar-refractivity contribution in [2.45, 2.75) is 38.4 Å². The molecule has 3 aliphatic rings. The molecule has 0 radical (unpaired) electrons. The van der Waals surface area contributed by atoms with Gasteiger partial charge in [-0.05, 0) is 44.0 Å². The summed E-state index contributed by atoms with van der Waals surface area (Å²) in [4.78, 5) is 7.33. The Labute approximate surface area is 167 Å². The Morgan fingerprint density at radius 1 is 1.18 bits per heavy atom. The molecule has 28 heavy (non-hydrogen) atoms. The quantitative estimate of drug-likeness (QED) is 0.870. The van der Waals surface area contributed by atoms with Gasteiger partial charge in [0.2, 0.25) is 0 Å². The van der Waals surface area contributed by atoms with Gasteiger partial charge in [-0.3, -0.25) is 14.9 Å². The highest BCUT2D eigenvalue weighted by molar-refractivity contribution is 5.56. The van der Waals surface area contributed by atoms with Crippen LogP contribution >= 0.6 is 0 Å². The van der Waals surface area contributed by atoms with Gasteiger partial charge < -0.3 is 4.90 Å². The Morgan fingerprint density at radius 2 is 2.07 bits per heavy atom. The van der Waals surface area contributed by atoms with Crippen molar-refractivity contribution in [3.05, 3.63) is 71.1 Å². The van der Waals surface area contributed by atoms with Gasteiger partial charge in [-0.25, -0.2) is 0 Å². The van der Waals surface area contributed by atoms with Gasteiger partial charge in [0.05, 0.1) is 5.69 Å². The van der Waals surface area contributed by atoms with Crippen LogP contribution in [-0.4, -0.2) is 52.7 Å². The number of benzene rings is 1. The Bertz CT molecular complexity index is 882. The predicted octanol–water partition coefficient (Wildman–Crippen LogP) is 3.32. The van der Waals surface area contributed by atoms with E-state index in [0.717, 1.165) is 38.4 Å². The SMILES string of the molecule is CN1CCCC1C1=CN(c2n[nH]c3c2CN(CCc2ccccc2)C3)CC=C1. The summed E-state index contributed by atoms with van der Waals surface area (Å²) in [5.41, 5.74) is 5.48. The maximum absolute atomic E-state index is 4.68. The fourth-order valence-electron chi connectivity index (χ4n) is 4.77. The summed E-state index contributed by atoms with van der Waals surface area (Å²) < 4.78 is 0. The van der Waals surface area contributed by atoms with E-state index in [2.05, 4.69) is 80.6 Å². The van der Waals surface area contributed by atoms with Crippen molar-refractivity contribution in [1.29, 1.82) is 0 Å². The van der Waals surface area contributed by atoms with Crippen LogP contribution in [-0.2, 0) is 19.5 Å². The lowest BCUT2D eigenvalue weighted by atomic mass is 10.0. The molecule has 1 saturated heterocycles. The van der Waals surface area contributed by atoms with E-state index in [1.165, 1.54) is 41.8 Å². The zero-order valence-corrected chi connectivity index (χ0v) is 16.6. The summed E-state index contributed by atoms with van der Waals surface area (Å²) in [5.74, 6) is 1.11. The van der Waals surface area contributed by atoms with Crippen LogP contribution in [0.5, 0.6) is 0 Å². The molecular formula is C23H29N5. The Morgan fingerprint density at radius 3 is 2.89 bits per heavy atom. The standard InChI is InChI=1S/C23H29N5/c1-26-12-6-10-22(26)19-9-5-13-28(15-19)23-20-16-27(17-21(20)24-25-23)14-11-18-7-3-2-4-8-18/h2-5,7-9,15,22H,6,10-14,16-17H2,1H3,(H,24,25). The first-order chi connectivity index (χ1) is 13.8. The van der Waals surface area contributed by atoms with Crippen LogP contribution in [0.4, 0.5) is 5.82 Å². The van der Waals surface area contributed by atoms with Gasteiger partial charge in [0.25, 0.3) is 0 Å². The van der Waals surface area contributed by atoms with Gasteiger partial charge in [0.15, 0.2) is 5.82 Å². The van der Waals surface area contributed by atoms with E-state index >= 15 is 0 Å². The number of nitrogens with one attached hydrogen (secondary N) is 1. The summed E-state index contributed by atoms with van der Waals surface area (Å²) in [6.07, 6.45) is 10.6. The monoisotopic (exact) mass is 375 g/mol. The van der Waals surface area contributed by atoms with E-state index in [-0.39, 0.29) is 0 Å². The minimum atomic E-state index is 0.549. The maximum atomic E-state index is 4.68. The smallest absolute Gasteiger partial charge is 0.159 e. The van der Waals surface area contributed by atoms with Crippen LogP contribution in [0.3, 0.4) is 0 Å². The number of aromatic amines is 1. The molecule has 2 aromatic rings. The molecule has 1 unspecified atom stereocenters. The van der Waals surface area contributed by atoms with Gasteiger partial charge in [-0.1, -0.05) is 42.5 Å². The fourth-order valence-corrected chi connectivity index (χ4v) is 4.77. The van der Waals surface area contributed by atoms with Crippen molar-refractivity contribution in [2.24, 2.45) is 0 Å². The van der Waals surface area contributed by atoms with Crippen LogP contribution in [0.25, 0.3) is 0 Å². The molecule has 0 saturated carbocycles. The highest BCUT2D eigenvalue weighted by atomic mass is 15.3. The molecule has 0 bridgehead atoms. The van der Waals surface area contributed by atoms with E-state index in [1.54, 1.807) is 0 Å². The van der Waals surface area contributed by atoms with Crippen LogP contribution in [0.15, 0.2) is 54.3 Å². The van der Waals surface area contributed by atoms with E-state index in [4.69, 9.17) is 0 Å². The lowest BCUT2D eigenvalue weighted by Crippen LogP contribution is -2.30. The minimum Gasteiger partial charge on any atom is -0.327 e. The number of nitrogens with zero attached hydrogens (tertiary/aromatic N) is 4.